The molecule has 3 aromatic rings. The van der Waals surface area contributed by atoms with Gasteiger partial charge in [-0.3, -0.25) is 4.79 Å². The van der Waals surface area contributed by atoms with Crippen molar-refractivity contribution in [1.29, 1.82) is 0 Å². The quantitative estimate of drug-likeness (QED) is 0.252. The van der Waals surface area contributed by atoms with Crippen LogP contribution < -0.4 is 16.0 Å². The first-order valence-corrected chi connectivity index (χ1v) is 11.4. The molecular weight excluding hydrogens is 450 g/mol. The molecule has 1 heterocycles. The molecule has 5 rings (SSSR count). The van der Waals surface area contributed by atoms with Gasteiger partial charge in [0, 0.05) is 23.4 Å². The summed E-state index contributed by atoms with van der Waals surface area (Å²) < 4.78 is 26.6. The molecule has 8 heteroatoms. The van der Waals surface area contributed by atoms with Crippen LogP contribution in [0.3, 0.4) is 0 Å². The van der Waals surface area contributed by atoms with Crippen LogP contribution in [0, 0.1) is 0 Å². The number of carbonyl (C=O) groups is 1. The molecule has 1 aliphatic carbocycles. The van der Waals surface area contributed by atoms with E-state index in [4.69, 9.17) is 5.73 Å². The van der Waals surface area contributed by atoms with Crippen LogP contribution in [-0.2, 0) is 24.2 Å². The van der Waals surface area contributed by atoms with Crippen LogP contribution >= 0.6 is 0 Å². The van der Waals surface area contributed by atoms with Crippen LogP contribution in [0.4, 0.5) is 14.5 Å². The van der Waals surface area contributed by atoms with E-state index in [0.717, 1.165) is 34.4 Å². The normalized spacial score (nSPS) is 16.1. The average Bonchev–Trinajstić information content (AvgIpc) is 2.84. The number of nitrogens with zero attached hydrogens (tertiary/aromatic N) is 2. The second-order valence-corrected chi connectivity index (χ2v) is 9.04. The fourth-order valence-electron chi connectivity index (χ4n) is 4.58. The second-order valence-electron chi connectivity index (χ2n) is 9.04. The Morgan fingerprint density at radius 2 is 1.60 bits per heavy atom. The highest BCUT2D eigenvalue weighted by atomic mass is 19.3. The summed E-state index contributed by atoms with van der Waals surface area (Å²) in [4.78, 5) is 19.2. The third-order valence-corrected chi connectivity index (χ3v) is 6.52. The zero-order valence-electron chi connectivity index (χ0n) is 19.4. The molecule has 0 radical (unpaired) electrons. The number of nitrogens with two attached hydrogens (primary N) is 1. The van der Waals surface area contributed by atoms with Crippen molar-refractivity contribution < 1.29 is 18.4 Å². The molecule has 6 nitrogen and oxygen atoms in total. The van der Waals surface area contributed by atoms with Gasteiger partial charge in [-0.15, -0.1) is 0 Å². The van der Waals surface area contributed by atoms with Gasteiger partial charge in [-0.25, -0.2) is 8.78 Å². The van der Waals surface area contributed by atoms with Crippen molar-refractivity contribution in [3.8, 4) is 0 Å². The molecular formula is C27H26F2N4O2. The summed E-state index contributed by atoms with van der Waals surface area (Å²) in [5, 5.41) is 6.67. The molecule has 0 atom stereocenters. The van der Waals surface area contributed by atoms with Crippen LogP contribution in [0.25, 0.3) is 0 Å². The van der Waals surface area contributed by atoms with Crippen molar-refractivity contribution in [2.75, 3.05) is 25.1 Å². The van der Waals surface area contributed by atoms with Crippen LogP contribution in [0.15, 0.2) is 65.8 Å². The average molecular weight is 477 g/mol. The predicted octanol–water partition coefficient (Wildman–Crippen LogP) is 3.83. The van der Waals surface area contributed by atoms with Crippen LogP contribution in [0.2, 0.25) is 0 Å². The number of benzene rings is 3. The van der Waals surface area contributed by atoms with E-state index in [1.54, 1.807) is 4.90 Å². The lowest BCUT2D eigenvalue weighted by Gasteiger charge is -2.40. The Morgan fingerprint density at radius 3 is 2.29 bits per heavy atom. The number of carbonyl (C=O) groups excluding carboxylic acids is 1. The molecule has 3 aromatic carbocycles. The summed E-state index contributed by atoms with van der Waals surface area (Å²) in [6, 6.07) is 19.2. The minimum Gasteiger partial charge on any atom is -0.397 e. The van der Waals surface area contributed by atoms with E-state index in [1.807, 2.05) is 60.7 Å². The highest BCUT2D eigenvalue weighted by Crippen LogP contribution is 2.35. The lowest BCUT2D eigenvalue weighted by molar-refractivity contribution is -0.0262. The Balaban J connectivity index is 1.24. The van der Waals surface area contributed by atoms with Crippen molar-refractivity contribution in [2.24, 2.45) is 10.9 Å². The maximum atomic E-state index is 13.3. The van der Waals surface area contributed by atoms with E-state index in [0.29, 0.717) is 18.5 Å². The molecule has 1 amide bonds. The zero-order chi connectivity index (χ0) is 24.6. The molecule has 3 N–H and O–H groups in total. The summed E-state index contributed by atoms with van der Waals surface area (Å²) in [7, 11) is 1.44. The van der Waals surface area contributed by atoms with Crippen LogP contribution in [0.1, 0.15) is 43.7 Å². The summed E-state index contributed by atoms with van der Waals surface area (Å²) in [5.41, 5.74) is 13.5. The van der Waals surface area contributed by atoms with Crippen molar-refractivity contribution in [1.82, 2.24) is 5.32 Å². The molecule has 0 aromatic heterocycles. The molecule has 0 saturated carbocycles. The first kappa shape index (κ1) is 22.8. The fourth-order valence-corrected chi connectivity index (χ4v) is 4.58. The van der Waals surface area contributed by atoms with Crippen molar-refractivity contribution in [2.45, 2.75) is 25.3 Å². The van der Waals surface area contributed by atoms with Gasteiger partial charge in [0.05, 0.1) is 13.1 Å². The fraction of sp³-hybridized carbons (Fsp3) is 0.259. The summed E-state index contributed by atoms with van der Waals surface area (Å²) in [6.45, 7) is -0.0860. The van der Waals surface area contributed by atoms with Gasteiger partial charge in [-0.2, -0.15) is 0 Å². The lowest BCUT2D eigenvalue weighted by Crippen LogP contribution is -2.56. The number of amidine groups is 1. The number of fused-ring (bicyclic) bond motifs is 2. The third-order valence-electron chi connectivity index (χ3n) is 6.52. The number of hydrogen-bond donors (Lipinski definition) is 2. The van der Waals surface area contributed by atoms with Gasteiger partial charge in [-0.1, -0.05) is 41.6 Å². The number of rotatable bonds is 6. The molecule has 180 valence electrons. The molecule has 1 aliphatic heterocycles. The minimum absolute atomic E-state index is 0.153. The predicted molar refractivity (Wildman–Crippen MR) is 131 cm³/mol. The SMILES string of the molecule is CO/N=C(\N)c1ccc(CNC(=O)c2ccc3c(c2)Cc2cc(N4CC(F)(F)C4)ccc2C3)cc1. The number of nitrogens with one attached hydrogen (secondary N) is 1. The molecule has 0 unspecified atom stereocenters. The third kappa shape index (κ3) is 4.82. The monoisotopic (exact) mass is 476 g/mol. The summed E-state index contributed by atoms with van der Waals surface area (Å²) in [5.74, 6) is -2.47. The van der Waals surface area contributed by atoms with E-state index in [2.05, 4.69) is 15.3 Å². The molecule has 0 spiro atoms. The Labute approximate surface area is 202 Å². The topological polar surface area (TPSA) is 80.0 Å². The van der Waals surface area contributed by atoms with E-state index >= 15 is 0 Å². The first-order chi connectivity index (χ1) is 16.8. The number of oxime groups is 1. The van der Waals surface area contributed by atoms with Gasteiger partial charge in [0.25, 0.3) is 11.8 Å². The number of hydrogen-bond acceptors (Lipinski definition) is 4. The smallest absolute Gasteiger partial charge is 0.282 e. The van der Waals surface area contributed by atoms with Crippen LogP contribution in [-0.4, -0.2) is 37.9 Å². The molecule has 35 heavy (non-hydrogen) atoms. The maximum Gasteiger partial charge on any atom is 0.282 e. The van der Waals surface area contributed by atoms with Crippen LogP contribution in [0.5, 0.6) is 0 Å². The standard InChI is InChI=1S/C27H26F2N4O2/c1-35-32-25(30)18-4-2-17(3-5-18)14-31-26(34)21-7-6-19-10-20-8-9-24(33-15-27(28,29)16-33)13-23(20)12-22(19)11-21/h2-9,11,13H,10,12,14-16H2,1H3,(H2,30,32)(H,31,34). The number of halogens is 2. The lowest BCUT2D eigenvalue weighted by atomic mass is 9.84. The molecule has 1 fully saturated rings. The Kier molecular flexibility index (Phi) is 5.88. The molecule has 2 aliphatic rings. The Hall–Kier alpha value is -3.94. The van der Waals surface area contributed by atoms with Gasteiger partial charge in [-0.05, 0) is 64.9 Å². The minimum atomic E-state index is -2.60. The number of amides is 1. The molecule has 1 saturated heterocycles. The van der Waals surface area contributed by atoms with E-state index in [-0.39, 0.29) is 24.8 Å². The van der Waals surface area contributed by atoms with Gasteiger partial charge in [0.1, 0.15) is 7.11 Å². The van der Waals surface area contributed by atoms with E-state index in [9.17, 15) is 13.6 Å². The van der Waals surface area contributed by atoms with E-state index in [1.165, 1.54) is 18.2 Å². The van der Waals surface area contributed by atoms with Gasteiger partial charge >= 0.3 is 0 Å². The zero-order valence-corrected chi connectivity index (χ0v) is 19.4. The Morgan fingerprint density at radius 1 is 0.971 bits per heavy atom. The summed E-state index contributed by atoms with van der Waals surface area (Å²) in [6.07, 6.45) is 1.45. The van der Waals surface area contributed by atoms with E-state index < -0.39 is 5.92 Å². The Bertz CT molecular complexity index is 1300. The maximum absolute atomic E-state index is 13.3. The number of anilines is 1. The first-order valence-electron chi connectivity index (χ1n) is 11.4. The summed E-state index contributed by atoms with van der Waals surface area (Å²) >= 11 is 0. The molecule has 0 bridgehead atoms. The van der Waals surface area contributed by atoms with Gasteiger partial charge in [0.2, 0.25) is 0 Å². The number of alkyl halides is 2. The van der Waals surface area contributed by atoms with Crippen molar-refractivity contribution in [3.63, 3.8) is 0 Å². The van der Waals surface area contributed by atoms with Crippen molar-refractivity contribution >= 4 is 17.4 Å². The largest absolute Gasteiger partial charge is 0.397 e. The highest BCUT2D eigenvalue weighted by molar-refractivity contribution is 5.97. The van der Waals surface area contributed by atoms with Gasteiger partial charge < -0.3 is 20.8 Å². The van der Waals surface area contributed by atoms with Crippen molar-refractivity contribution in [3.05, 3.63) is 99.6 Å². The highest BCUT2D eigenvalue weighted by Gasteiger charge is 2.44. The second kappa shape index (κ2) is 9.02. The van der Waals surface area contributed by atoms with Gasteiger partial charge in [0.15, 0.2) is 5.84 Å².